The largest absolute Gasteiger partial charge is 0.496 e. The summed E-state index contributed by atoms with van der Waals surface area (Å²) < 4.78 is 6.39. The number of hydrogen-bond acceptors (Lipinski definition) is 2. The highest BCUT2D eigenvalue weighted by Gasteiger charge is 2.27. The van der Waals surface area contributed by atoms with Gasteiger partial charge in [-0.3, -0.25) is 4.79 Å². The molecule has 234 valence electrons. The van der Waals surface area contributed by atoms with Gasteiger partial charge >= 0.3 is 0 Å². The predicted octanol–water partition coefficient (Wildman–Crippen LogP) is 10.8. The smallest absolute Gasteiger partial charge is 0.183 e. The Hall–Kier alpha value is -5.21. The average Bonchev–Trinajstić information content (AvgIpc) is 3.27. The molecular formula is C45H42O2. The lowest BCUT2D eigenvalue weighted by atomic mass is 9.81. The van der Waals surface area contributed by atoms with Crippen LogP contribution in [-0.4, -0.2) is 7.11 Å². The predicted molar refractivity (Wildman–Crippen MR) is 196 cm³/mol. The van der Waals surface area contributed by atoms with Crippen LogP contribution in [0.1, 0.15) is 77.0 Å². The molecule has 47 heavy (non-hydrogen) atoms. The van der Waals surface area contributed by atoms with Crippen molar-refractivity contribution in [1.29, 1.82) is 0 Å². The summed E-state index contributed by atoms with van der Waals surface area (Å²) >= 11 is 0. The van der Waals surface area contributed by atoms with E-state index in [9.17, 15) is 4.79 Å². The number of aryl methyl sites for hydroxylation is 1. The second-order valence-electron chi connectivity index (χ2n) is 12.2. The Labute approximate surface area is 279 Å². The number of rotatable bonds is 12. The van der Waals surface area contributed by atoms with Crippen molar-refractivity contribution in [2.45, 2.75) is 44.4 Å². The summed E-state index contributed by atoms with van der Waals surface area (Å²) in [5.74, 6) is 0.281. The number of methoxy groups -OCH3 is 1. The quantitative estimate of drug-likeness (QED) is 0.128. The lowest BCUT2D eigenvalue weighted by Gasteiger charge is -2.23. The highest BCUT2D eigenvalue weighted by atomic mass is 16.5. The Morgan fingerprint density at radius 1 is 0.532 bits per heavy atom. The van der Waals surface area contributed by atoms with Gasteiger partial charge < -0.3 is 4.74 Å². The standard InChI is InChI=1S/C45H42O2/c1-3-4-9-18-33-27-29-34(30-28-33)39-32-42(46)40(43(35-19-10-5-11-20-35)36-21-12-6-13-22-36)31-41(45(39)47-2)44(37-23-14-7-15-24-37)38-25-16-8-17-26-38/h5-8,10-17,19-32,43-44H,3-4,9,18H2,1-2H3. The Balaban J connectivity index is 1.66. The third-order valence-electron chi connectivity index (χ3n) is 9.07. The Bertz CT molecular complexity index is 1840. The molecule has 6 aromatic carbocycles. The van der Waals surface area contributed by atoms with E-state index in [1.165, 1.54) is 24.8 Å². The second kappa shape index (κ2) is 15.4. The molecule has 0 saturated heterocycles. The zero-order chi connectivity index (χ0) is 32.4. The third-order valence-corrected chi connectivity index (χ3v) is 9.07. The fourth-order valence-corrected chi connectivity index (χ4v) is 6.74. The van der Waals surface area contributed by atoms with E-state index in [2.05, 4.69) is 110 Å². The Morgan fingerprint density at radius 2 is 0.979 bits per heavy atom. The van der Waals surface area contributed by atoms with Crippen molar-refractivity contribution >= 4 is 0 Å². The molecule has 0 aliphatic carbocycles. The monoisotopic (exact) mass is 614 g/mol. The van der Waals surface area contributed by atoms with Crippen LogP contribution in [0.15, 0.2) is 163 Å². The lowest BCUT2D eigenvalue weighted by Crippen LogP contribution is -2.14. The van der Waals surface area contributed by atoms with Crippen molar-refractivity contribution in [3.63, 3.8) is 0 Å². The summed E-state index contributed by atoms with van der Waals surface area (Å²) in [4.78, 5) is 14.7. The molecule has 6 rings (SSSR count). The van der Waals surface area contributed by atoms with Gasteiger partial charge in [-0.2, -0.15) is 0 Å². The minimum Gasteiger partial charge on any atom is -0.496 e. The van der Waals surface area contributed by atoms with Crippen molar-refractivity contribution in [2.75, 3.05) is 7.11 Å². The van der Waals surface area contributed by atoms with E-state index >= 15 is 0 Å². The molecule has 0 amide bonds. The summed E-state index contributed by atoms with van der Waals surface area (Å²) in [5.41, 5.74) is 9.15. The van der Waals surface area contributed by atoms with Gasteiger partial charge in [-0.15, -0.1) is 0 Å². The zero-order valence-corrected chi connectivity index (χ0v) is 27.3. The zero-order valence-electron chi connectivity index (χ0n) is 27.3. The maximum absolute atomic E-state index is 14.7. The van der Waals surface area contributed by atoms with Crippen LogP contribution in [-0.2, 0) is 6.42 Å². The van der Waals surface area contributed by atoms with Gasteiger partial charge in [0, 0.05) is 28.5 Å². The molecule has 2 nitrogen and oxygen atoms in total. The maximum Gasteiger partial charge on any atom is 0.183 e. The molecule has 0 radical (unpaired) electrons. The summed E-state index contributed by atoms with van der Waals surface area (Å²) in [7, 11) is 1.73. The minimum atomic E-state index is -0.262. The topological polar surface area (TPSA) is 26.3 Å². The van der Waals surface area contributed by atoms with E-state index in [0.29, 0.717) is 5.75 Å². The highest BCUT2D eigenvalue weighted by molar-refractivity contribution is 5.74. The van der Waals surface area contributed by atoms with E-state index in [1.54, 1.807) is 13.2 Å². The molecule has 0 unspecified atom stereocenters. The van der Waals surface area contributed by atoms with Crippen LogP contribution in [0, 0.1) is 0 Å². The van der Waals surface area contributed by atoms with E-state index in [1.807, 2.05) is 48.5 Å². The summed E-state index contributed by atoms with van der Waals surface area (Å²) in [5, 5.41) is 0. The fourth-order valence-electron chi connectivity index (χ4n) is 6.74. The van der Waals surface area contributed by atoms with Crippen molar-refractivity contribution in [3.8, 4) is 16.9 Å². The normalized spacial score (nSPS) is 11.1. The molecule has 0 aliphatic heterocycles. The van der Waals surface area contributed by atoms with Gasteiger partial charge in [0.1, 0.15) is 5.75 Å². The Morgan fingerprint density at radius 3 is 1.40 bits per heavy atom. The molecule has 0 bridgehead atoms. The van der Waals surface area contributed by atoms with Gasteiger partial charge in [0.05, 0.1) is 7.11 Å². The van der Waals surface area contributed by atoms with Gasteiger partial charge in [0.2, 0.25) is 0 Å². The van der Waals surface area contributed by atoms with Crippen LogP contribution in [0.5, 0.6) is 5.75 Å². The van der Waals surface area contributed by atoms with Gasteiger partial charge in [-0.1, -0.05) is 165 Å². The molecular weight excluding hydrogens is 572 g/mol. The van der Waals surface area contributed by atoms with E-state index in [0.717, 1.165) is 50.9 Å². The maximum atomic E-state index is 14.7. The fraction of sp³-hybridized carbons (Fsp3) is 0.178. The lowest BCUT2D eigenvalue weighted by molar-refractivity contribution is 0.411. The average molecular weight is 615 g/mol. The number of ether oxygens (including phenoxy) is 1. The minimum absolute atomic E-state index is 0.0193. The molecule has 0 aromatic heterocycles. The molecule has 0 spiro atoms. The summed E-state index contributed by atoms with van der Waals surface area (Å²) in [6, 6.07) is 54.4. The van der Waals surface area contributed by atoms with Crippen LogP contribution in [0.2, 0.25) is 0 Å². The van der Waals surface area contributed by atoms with Crippen LogP contribution < -0.4 is 10.2 Å². The van der Waals surface area contributed by atoms with Gasteiger partial charge in [-0.05, 0) is 58.4 Å². The molecule has 0 fully saturated rings. The summed E-state index contributed by atoms with van der Waals surface area (Å²) in [6.07, 6.45) is 4.65. The SMILES string of the molecule is CCCCCc1ccc(-c2cc(=O)c(C(c3ccccc3)c3ccccc3)cc(C(c3ccccc3)c3ccccc3)c2OC)cc1. The van der Waals surface area contributed by atoms with Crippen LogP contribution in [0.4, 0.5) is 0 Å². The first-order valence-corrected chi connectivity index (χ1v) is 16.7. The van der Waals surface area contributed by atoms with Crippen LogP contribution in [0.25, 0.3) is 11.1 Å². The molecule has 0 N–H and O–H groups in total. The second-order valence-corrected chi connectivity index (χ2v) is 12.2. The van der Waals surface area contributed by atoms with E-state index in [-0.39, 0.29) is 17.3 Å². The first-order valence-electron chi connectivity index (χ1n) is 16.7. The molecule has 0 saturated carbocycles. The van der Waals surface area contributed by atoms with Crippen LogP contribution in [0.3, 0.4) is 0 Å². The van der Waals surface area contributed by atoms with Crippen molar-refractivity contribution in [1.82, 2.24) is 0 Å². The molecule has 6 aromatic rings. The van der Waals surface area contributed by atoms with E-state index in [4.69, 9.17) is 4.74 Å². The third kappa shape index (κ3) is 7.28. The highest BCUT2D eigenvalue weighted by Crippen LogP contribution is 2.43. The van der Waals surface area contributed by atoms with E-state index < -0.39 is 0 Å². The van der Waals surface area contributed by atoms with Crippen molar-refractivity contribution in [2.24, 2.45) is 0 Å². The first-order chi connectivity index (χ1) is 23.2. The van der Waals surface area contributed by atoms with Crippen LogP contribution >= 0.6 is 0 Å². The molecule has 0 heterocycles. The van der Waals surface area contributed by atoms with Crippen molar-refractivity contribution in [3.05, 3.63) is 207 Å². The number of unbranched alkanes of at least 4 members (excludes halogenated alkanes) is 2. The Kier molecular flexibility index (Phi) is 10.4. The summed E-state index contributed by atoms with van der Waals surface area (Å²) in [6.45, 7) is 2.23. The number of benzene rings is 5. The van der Waals surface area contributed by atoms with Crippen molar-refractivity contribution < 1.29 is 4.74 Å². The van der Waals surface area contributed by atoms with Gasteiger partial charge in [0.25, 0.3) is 0 Å². The number of hydrogen-bond donors (Lipinski definition) is 0. The molecule has 0 atom stereocenters. The first kappa shape index (κ1) is 31.8. The molecule has 0 aliphatic rings. The van der Waals surface area contributed by atoms with Gasteiger partial charge in [-0.25, -0.2) is 0 Å². The van der Waals surface area contributed by atoms with Gasteiger partial charge in [0.15, 0.2) is 5.43 Å². The molecule has 2 heteroatoms.